The summed E-state index contributed by atoms with van der Waals surface area (Å²) < 4.78 is 0. The zero-order valence-electron chi connectivity index (χ0n) is 15.1. The van der Waals surface area contributed by atoms with Crippen molar-refractivity contribution in [3.63, 3.8) is 0 Å². The van der Waals surface area contributed by atoms with Gasteiger partial charge in [0.25, 0.3) is 5.91 Å². The molecule has 0 atom stereocenters. The molecule has 1 aromatic heterocycles. The highest BCUT2D eigenvalue weighted by Crippen LogP contribution is 2.18. The summed E-state index contributed by atoms with van der Waals surface area (Å²) in [5, 5.41) is 3.17. The molecule has 0 aliphatic carbocycles. The van der Waals surface area contributed by atoms with Crippen molar-refractivity contribution in [2.75, 3.05) is 36.4 Å². The predicted octanol–water partition coefficient (Wildman–Crippen LogP) is 2.57. The maximum atomic E-state index is 12.6. The topological polar surface area (TPSA) is 61.4 Å². The van der Waals surface area contributed by atoms with Gasteiger partial charge in [0.05, 0.1) is 12.4 Å². The fraction of sp³-hybridized carbons (Fsp3) is 0.421. The molecule has 1 saturated heterocycles. The first-order valence-corrected chi connectivity index (χ1v) is 8.72. The number of nitrogens with one attached hydrogen (secondary N) is 1. The highest BCUT2D eigenvalue weighted by atomic mass is 16.2. The van der Waals surface area contributed by atoms with Gasteiger partial charge in [-0.3, -0.25) is 4.79 Å². The molecule has 2 heterocycles. The second kappa shape index (κ2) is 7.51. The van der Waals surface area contributed by atoms with Gasteiger partial charge >= 0.3 is 0 Å². The van der Waals surface area contributed by atoms with Crippen LogP contribution in [0.1, 0.15) is 29.9 Å². The van der Waals surface area contributed by atoms with E-state index in [-0.39, 0.29) is 11.9 Å². The molecule has 1 fully saturated rings. The molecule has 1 N–H and O–H groups in total. The minimum Gasteiger partial charge on any atom is -0.368 e. The van der Waals surface area contributed by atoms with Crippen LogP contribution in [0.15, 0.2) is 36.7 Å². The first-order valence-electron chi connectivity index (χ1n) is 8.72. The number of aromatic nitrogens is 2. The maximum Gasteiger partial charge on any atom is 0.274 e. The minimum absolute atomic E-state index is 0.0486. The number of hydrogen-bond acceptors (Lipinski definition) is 5. The summed E-state index contributed by atoms with van der Waals surface area (Å²) in [5.41, 5.74) is 2.87. The van der Waals surface area contributed by atoms with Gasteiger partial charge in [0.1, 0.15) is 11.5 Å². The monoisotopic (exact) mass is 339 g/mol. The number of piperazine rings is 1. The molecule has 0 spiro atoms. The average Bonchev–Trinajstić information content (AvgIpc) is 2.61. The standard InChI is InChI=1S/C19H25N5O/c1-14(2)22-18-13-20-17(12-21-18)19(25)24-9-7-23(8-10-24)16-6-4-5-15(3)11-16/h4-6,11-14H,7-10H2,1-3H3,(H,21,22). The molecular formula is C19H25N5O. The van der Waals surface area contributed by atoms with E-state index in [2.05, 4.69) is 51.4 Å². The Morgan fingerprint density at radius 1 is 1.12 bits per heavy atom. The van der Waals surface area contributed by atoms with Crippen LogP contribution in [-0.2, 0) is 0 Å². The van der Waals surface area contributed by atoms with E-state index in [1.807, 2.05) is 18.7 Å². The molecule has 3 rings (SSSR count). The molecule has 1 aliphatic rings. The van der Waals surface area contributed by atoms with Crippen molar-refractivity contribution in [3.05, 3.63) is 47.9 Å². The van der Waals surface area contributed by atoms with Crippen molar-refractivity contribution in [1.82, 2.24) is 14.9 Å². The molecule has 0 bridgehead atoms. The van der Waals surface area contributed by atoms with E-state index in [4.69, 9.17) is 0 Å². The zero-order chi connectivity index (χ0) is 17.8. The third-order valence-electron chi connectivity index (χ3n) is 4.24. The Bertz CT molecular complexity index is 721. The number of carbonyl (C=O) groups excluding carboxylic acids is 1. The van der Waals surface area contributed by atoms with Gasteiger partial charge in [0.15, 0.2) is 0 Å². The van der Waals surface area contributed by atoms with Gasteiger partial charge in [-0.2, -0.15) is 0 Å². The molecule has 132 valence electrons. The van der Waals surface area contributed by atoms with Crippen molar-refractivity contribution in [2.45, 2.75) is 26.8 Å². The minimum atomic E-state index is -0.0486. The van der Waals surface area contributed by atoms with Crippen LogP contribution in [0.25, 0.3) is 0 Å². The van der Waals surface area contributed by atoms with Crippen molar-refractivity contribution in [2.24, 2.45) is 0 Å². The molecule has 1 aromatic carbocycles. The molecule has 0 radical (unpaired) electrons. The first kappa shape index (κ1) is 17.2. The Balaban J connectivity index is 1.59. The van der Waals surface area contributed by atoms with Gasteiger partial charge in [-0.15, -0.1) is 0 Å². The van der Waals surface area contributed by atoms with E-state index < -0.39 is 0 Å². The number of benzene rings is 1. The number of rotatable bonds is 4. The van der Waals surface area contributed by atoms with E-state index in [1.54, 1.807) is 12.4 Å². The van der Waals surface area contributed by atoms with Gasteiger partial charge in [0, 0.05) is 37.9 Å². The molecule has 1 amide bonds. The summed E-state index contributed by atoms with van der Waals surface area (Å²) in [6.07, 6.45) is 3.18. The van der Waals surface area contributed by atoms with Gasteiger partial charge in [-0.25, -0.2) is 9.97 Å². The quantitative estimate of drug-likeness (QED) is 0.928. The first-order chi connectivity index (χ1) is 12.0. The summed E-state index contributed by atoms with van der Waals surface area (Å²) in [5.74, 6) is 0.642. The normalized spacial score (nSPS) is 14.7. The third kappa shape index (κ3) is 4.26. The SMILES string of the molecule is Cc1cccc(N2CCN(C(=O)c3cnc(NC(C)C)cn3)CC2)c1. The van der Waals surface area contributed by atoms with Crippen molar-refractivity contribution in [3.8, 4) is 0 Å². The van der Waals surface area contributed by atoms with Crippen LogP contribution in [0.4, 0.5) is 11.5 Å². The molecule has 0 unspecified atom stereocenters. The van der Waals surface area contributed by atoms with E-state index >= 15 is 0 Å². The van der Waals surface area contributed by atoms with E-state index in [9.17, 15) is 4.79 Å². The van der Waals surface area contributed by atoms with Gasteiger partial charge in [0.2, 0.25) is 0 Å². The van der Waals surface area contributed by atoms with Gasteiger partial charge in [-0.05, 0) is 38.5 Å². The van der Waals surface area contributed by atoms with Crippen LogP contribution in [0.5, 0.6) is 0 Å². The summed E-state index contributed by atoms with van der Waals surface area (Å²) in [6, 6.07) is 8.76. The average molecular weight is 339 g/mol. The molecule has 1 aliphatic heterocycles. The number of nitrogens with zero attached hydrogens (tertiary/aromatic N) is 4. The number of carbonyl (C=O) groups is 1. The summed E-state index contributed by atoms with van der Waals surface area (Å²) in [4.78, 5) is 25.3. The fourth-order valence-electron chi connectivity index (χ4n) is 2.96. The Morgan fingerprint density at radius 3 is 2.48 bits per heavy atom. The molecule has 6 heteroatoms. The van der Waals surface area contributed by atoms with Crippen LogP contribution in [0.2, 0.25) is 0 Å². The van der Waals surface area contributed by atoms with Crippen molar-refractivity contribution in [1.29, 1.82) is 0 Å². The number of anilines is 2. The lowest BCUT2D eigenvalue weighted by molar-refractivity contribution is 0.0740. The highest BCUT2D eigenvalue weighted by molar-refractivity contribution is 5.92. The second-order valence-corrected chi connectivity index (χ2v) is 6.70. The highest BCUT2D eigenvalue weighted by Gasteiger charge is 2.23. The fourth-order valence-corrected chi connectivity index (χ4v) is 2.96. The van der Waals surface area contributed by atoms with Crippen molar-refractivity contribution < 1.29 is 4.79 Å². The van der Waals surface area contributed by atoms with Gasteiger partial charge < -0.3 is 15.1 Å². The molecule has 0 saturated carbocycles. The lowest BCUT2D eigenvalue weighted by Crippen LogP contribution is -2.49. The third-order valence-corrected chi connectivity index (χ3v) is 4.24. The number of aryl methyl sites for hydroxylation is 1. The predicted molar refractivity (Wildman–Crippen MR) is 100 cm³/mol. The molecular weight excluding hydrogens is 314 g/mol. The Morgan fingerprint density at radius 2 is 1.88 bits per heavy atom. The molecule has 2 aromatic rings. The van der Waals surface area contributed by atoms with Gasteiger partial charge in [-0.1, -0.05) is 12.1 Å². The smallest absolute Gasteiger partial charge is 0.274 e. The molecule has 25 heavy (non-hydrogen) atoms. The largest absolute Gasteiger partial charge is 0.368 e. The summed E-state index contributed by atoms with van der Waals surface area (Å²) in [6.45, 7) is 9.22. The second-order valence-electron chi connectivity index (χ2n) is 6.70. The Labute approximate surface area is 148 Å². The van der Waals surface area contributed by atoms with Crippen LogP contribution >= 0.6 is 0 Å². The lowest BCUT2D eigenvalue weighted by atomic mass is 10.2. The van der Waals surface area contributed by atoms with E-state index in [0.29, 0.717) is 24.6 Å². The van der Waals surface area contributed by atoms with Crippen LogP contribution in [-0.4, -0.2) is 53.0 Å². The maximum absolute atomic E-state index is 12.6. The summed E-state index contributed by atoms with van der Waals surface area (Å²) in [7, 11) is 0. The Hall–Kier alpha value is -2.63. The lowest BCUT2D eigenvalue weighted by Gasteiger charge is -2.36. The Kier molecular flexibility index (Phi) is 5.16. The van der Waals surface area contributed by atoms with Crippen molar-refractivity contribution >= 4 is 17.4 Å². The summed E-state index contributed by atoms with van der Waals surface area (Å²) >= 11 is 0. The number of amides is 1. The van der Waals surface area contributed by atoms with Crippen LogP contribution < -0.4 is 10.2 Å². The number of hydrogen-bond donors (Lipinski definition) is 1. The van der Waals surface area contributed by atoms with Crippen LogP contribution in [0.3, 0.4) is 0 Å². The van der Waals surface area contributed by atoms with E-state index in [0.717, 1.165) is 13.1 Å². The molecule has 6 nitrogen and oxygen atoms in total. The zero-order valence-corrected chi connectivity index (χ0v) is 15.1. The van der Waals surface area contributed by atoms with E-state index in [1.165, 1.54) is 11.3 Å². The van der Waals surface area contributed by atoms with Crippen LogP contribution in [0, 0.1) is 6.92 Å².